The topological polar surface area (TPSA) is 72.5 Å². The van der Waals surface area contributed by atoms with Crippen LogP contribution in [0.1, 0.15) is 26.7 Å². The number of benzene rings is 1. The van der Waals surface area contributed by atoms with Gasteiger partial charge in [-0.05, 0) is 32.0 Å². The number of hydrogen-bond acceptors (Lipinski definition) is 4. The number of esters is 1. The molecule has 7 heteroatoms. The standard InChI is InChI=1S/C14H15Cl2NO4/c1-8(18)3-6-13(19)21-9(2)14(20)17-12-7-10(15)4-5-11(12)16/h4-5,7,9H,3,6H2,1-2H3,(H,17,20)/t9-/m1/s1. The summed E-state index contributed by atoms with van der Waals surface area (Å²) in [6.07, 6.45) is -0.961. The molecule has 0 spiro atoms. The third-order valence-corrected chi connectivity index (χ3v) is 3.11. The smallest absolute Gasteiger partial charge is 0.307 e. The van der Waals surface area contributed by atoms with Gasteiger partial charge in [0.15, 0.2) is 6.10 Å². The zero-order chi connectivity index (χ0) is 16.0. The van der Waals surface area contributed by atoms with Crippen LogP contribution in [0.4, 0.5) is 5.69 Å². The van der Waals surface area contributed by atoms with Crippen LogP contribution < -0.4 is 5.32 Å². The summed E-state index contributed by atoms with van der Waals surface area (Å²) in [7, 11) is 0. The van der Waals surface area contributed by atoms with Crippen molar-refractivity contribution < 1.29 is 19.1 Å². The first-order valence-electron chi connectivity index (χ1n) is 6.24. The van der Waals surface area contributed by atoms with E-state index in [1.807, 2.05) is 0 Å². The molecule has 1 aromatic rings. The maximum absolute atomic E-state index is 11.9. The number of anilines is 1. The van der Waals surface area contributed by atoms with Crippen molar-refractivity contribution in [3.8, 4) is 0 Å². The highest BCUT2D eigenvalue weighted by Crippen LogP contribution is 2.25. The quantitative estimate of drug-likeness (QED) is 0.812. The second-order valence-electron chi connectivity index (χ2n) is 4.45. The van der Waals surface area contributed by atoms with E-state index in [1.165, 1.54) is 19.9 Å². The Kier molecular flexibility index (Phi) is 6.65. The molecule has 1 aromatic carbocycles. The van der Waals surface area contributed by atoms with Gasteiger partial charge in [0.2, 0.25) is 0 Å². The van der Waals surface area contributed by atoms with Crippen LogP contribution in [0.5, 0.6) is 0 Å². The zero-order valence-electron chi connectivity index (χ0n) is 11.6. The van der Waals surface area contributed by atoms with Crippen molar-refractivity contribution in [1.29, 1.82) is 0 Å². The summed E-state index contributed by atoms with van der Waals surface area (Å²) in [5, 5.41) is 3.26. The lowest BCUT2D eigenvalue weighted by atomic mass is 10.2. The molecule has 0 fully saturated rings. The van der Waals surface area contributed by atoms with Gasteiger partial charge < -0.3 is 14.8 Å². The molecule has 0 unspecified atom stereocenters. The molecule has 0 aliphatic rings. The number of rotatable bonds is 6. The molecule has 114 valence electrons. The Morgan fingerprint density at radius 2 is 1.90 bits per heavy atom. The van der Waals surface area contributed by atoms with Crippen LogP contribution in [0.3, 0.4) is 0 Å². The Labute approximate surface area is 132 Å². The van der Waals surface area contributed by atoms with Gasteiger partial charge in [0.25, 0.3) is 5.91 Å². The lowest BCUT2D eigenvalue weighted by molar-refractivity contribution is -0.153. The van der Waals surface area contributed by atoms with E-state index in [2.05, 4.69) is 5.32 Å². The number of carbonyl (C=O) groups is 3. The normalized spacial score (nSPS) is 11.6. The lowest BCUT2D eigenvalue weighted by Gasteiger charge is -2.14. The average molecular weight is 332 g/mol. The zero-order valence-corrected chi connectivity index (χ0v) is 13.1. The third kappa shape index (κ3) is 6.14. The molecule has 1 amide bonds. The highest BCUT2D eigenvalue weighted by molar-refractivity contribution is 6.35. The predicted octanol–water partition coefficient (Wildman–Crippen LogP) is 3.23. The molecule has 0 aliphatic carbocycles. The van der Waals surface area contributed by atoms with Crippen LogP contribution in [0.15, 0.2) is 18.2 Å². The molecule has 1 atom stereocenters. The van der Waals surface area contributed by atoms with Gasteiger partial charge in [0.05, 0.1) is 17.1 Å². The molecule has 5 nitrogen and oxygen atoms in total. The van der Waals surface area contributed by atoms with Crippen LogP contribution in [-0.4, -0.2) is 23.8 Å². The van der Waals surface area contributed by atoms with Crippen molar-refractivity contribution in [3.05, 3.63) is 28.2 Å². The molecule has 0 bridgehead atoms. The number of Topliss-reactive ketones (excluding diaryl/α,β-unsaturated/α-hetero) is 1. The van der Waals surface area contributed by atoms with E-state index < -0.39 is 18.0 Å². The van der Waals surface area contributed by atoms with Gasteiger partial charge >= 0.3 is 5.97 Å². The van der Waals surface area contributed by atoms with Gasteiger partial charge in [-0.2, -0.15) is 0 Å². The molecule has 0 saturated carbocycles. The molecule has 0 radical (unpaired) electrons. The first kappa shape index (κ1) is 17.5. The van der Waals surface area contributed by atoms with E-state index in [-0.39, 0.29) is 18.6 Å². The first-order valence-corrected chi connectivity index (χ1v) is 7.00. The summed E-state index contributed by atoms with van der Waals surface area (Å²) in [4.78, 5) is 34.1. The maximum atomic E-state index is 11.9. The highest BCUT2D eigenvalue weighted by atomic mass is 35.5. The minimum atomic E-state index is -1.00. The van der Waals surface area contributed by atoms with Crippen LogP contribution in [0.25, 0.3) is 0 Å². The number of nitrogens with one attached hydrogen (secondary N) is 1. The van der Waals surface area contributed by atoms with Crippen molar-refractivity contribution in [2.45, 2.75) is 32.8 Å². The van der Waals surface area contributed by atoms with Crippen LogP contribution in [-0.2, 0) is 19.1 Å². The first-order chi connectivity index (χ1) is 9.79. The lowest BCUT2D eigenvalue weighted by Crippen LogP contribution is -2.30. The van der Waals surface area contributed by atoms with Gasteiger partial charge in [0.1, 0.15) is 5.78 Å². The van der Waals surface area contributed by atoms with Gasteiger partial charge in [-0.1, -0.05) is 23.2 Å². The SMILES string of the molecule is CC(=O)CCC(=O)O[C@H](C)C(=O)Nc1cc(Cl)ccc1Cl. The molecule has 1 N–H and O–H groups in total. The van der Waals surface area contributed by atoms with Gasteiger partial charge in [0, 0.05) is 11.4 Å². The van der Waals surface area contributed by atoms with Crippen molar-refractivity contribution >= 4 is 46.5 Å². The highest BCUT2D eigenvalue weighted by Gasteiger charge is 2.19. The van der Waals surface area contributed by atoms with E-state index >= 15 is 0 Å². The minimum Gasteiger partial charge on any atom is -0.453 e. The van der Waals surface area contributed by atoms with Gasteiger partial charge in [-0.3, -0.25) is 9.59 Å². The van der Waals surface area contributed by atoms with Gasteiger partial charge in [-0.15, -0.1) is 0 Å². The van der Waals surface area contributed by atoms with E-state index in [1.54, 1.807) is 12.1 Å². The summed E-state index contributed by atoms with van der Waals surface area (Å²) in [5.74, 6) is -1.25. The molecule has 1 rings (SSSR count). The summed E-state index contributed by atoms with van der Waals surface area (Å²) in [5.41, 5.74) is 0.334. The maximum Gasteiger partial charge on any atom is 0.307 e. The number of amides is 1. The molecular weight excluding hydrogens is 317 g/mol. The number of carbonyl (C=O) groups excluding carboxylic acids is 3. The van der Waals surface area contributed by atoms with E-state index in [0.717, 1.165) is 0 Å². The summed E-state index contributed by atoms with van der Waals surface area (Å²) < 4.78 is 4.93. The Morgan fingerprint density at radius 3 is 2.52 bits per heavy atom. The number of ether oxygens (including phenoxy) is 1. The molecule has 21 heavy (non-hydrogen) atoms. The molecule has 0 heterocycles. The van der Waals surface area contributed by atoms with Crippen LogP contribution >= 0.6 is 23.2 Å². The molecule has 0 aromatic heterocycles. The Morgan fingerprint density at radius 1 is 1.24 bits per heavy atom. The summed E-state index contributed by atoms with van der Waals surface area (Å²) in [6.45, 7) is 2.81. The van der Waals surface area contributed by atoms with E-state index in [9.17, 15) is 14.4 Å². The fourth-order valence-corrected chi connectivity index (χ4v) is 1.75. The Bertz CT molecular complexity index is 560. The van der Waals surface area contributed by atoms with Gasteiger partial charge in [-0.25, -0.2) is 0 Å². The third-order valence-electron chi connectivity index (χ3n) is 2.54. The van der Waals surface area contributed by atoms with Crippen molar-refractivity contribution in [2.24, 2.45) is 0 Å². The van der Waals surface area contributed by atoms with Crippen molar-refractivity contribution in [1.82, 2.24) is 0 Å². The fraction of sp³-hybridized carbons (Fsp3) is 0.357. The number of hydrogen-bond donors (Lipinski definition) is 1. The second kappa shape index (κ2) is 8.00. The molecule has 0 aliphatic heterocycles. The monoisotopic (exact) mass is 331 g/mol. The van der Waals surface area contributed by atoms with Crippen LogP contribution in [0, 0.1) is 0 Å². The summed E-state index contributed by atoms with van der Waals surface area (Å²) >= 11 is 11.7. The Hall–Kier alpha value is -1.59. The molecule has 0 saturated heterocycles. The van der Waals surface area contributed by atoms with E-state index in [0.29, 0.717) is 15.7 Å². The summed E-state index contributed by atoms with van der Waals surface area (Å²) in [6, 6.07) is 4.62. The number of ketones is 1. The predicted molar refractivity (Wildman–Crippen MR) is 80.6 cm³/mol. The second-order valence-corrected chi connectivity index (χ2v) is 5.29. The van der Waals surface area contributed by atoms with Crippen LogP contribution in [0.2, 0.25) is 10.0 Å². The number of halogens is 2. The minimum absolute atomic E-state index is 0.0507. The Balaban J connectivity index is 2.56. The van der Waals surface area contributed by atoms with Crippen molar-refractivity contribution in [2.75, 3.05) is 5.32 Å². The molecular formula is C14H15Cl2NO4. The van der Waals surface area contributed by atoms with E-state index in [4.69, 9.17) is 27.9 Å². The average Bonchev–Trinajstić information content (AvgIpc) is 2.40. The van der Waals surface area contributed by atoms with Crippen molar-refractivity contribution in [3.63, 3.8) is 0 Å². The largest absolute Gasteiger partial charge is 0.453 e. The fourth-order valence-electron chi connectivity index (χ4n) is 1.42.